The lowest BCUT2D eigenvalue weighted by atomic mass is 9.66. The number of aromatic nitrogens is 1. The summed E-state index contributed by atoms with van der Waals surface area (Å²) in [5.41, 5.74) is 1.81. The Morgan fingerprint density at radius 1 is 1.17 bits per heavy atom. The zero-order chi connectivity index (χ0) is 12.3. The lowest BCUT2D eigenvalue weighted by Gasteiger charge is -2.45. The molecule has 1 atom stereocenters. The van der Waals surface area contributed by atoms with E-state index in [-0.39, 0.29) is 0 Å². The van der Waals surface area contributed by atoms with Crippen LogP contribution in [0, 0.1) is 5.41 Å². The minimum absolute atomic E-state index is 0.420. The van der Waals surface area contributed by atoms with Crippen LogP contribution in [0.2, 0.25) is 0 Å². The molecule has 3 rings (SSSR count). The number of nitrogens with one attached hydrogen (secondary N) is 1. The van der Waals surface area contributed by atoms with Crippen molar-refractivity contribution in [2.45, 2.75) is 63.9 Å². The quantitative estimate of drug-likeness (QED) is 0.855. The average molecular weight is 247 g/mol. The predicted octanol–water partition coefficient (Wildman–Crippen LogP) is 4.08. The van der Waals surface area contributed by atoms with Gasteiger partial charge < -0.3 is 9.72 Å². The highest BCUT2D eigenvalue weighted by Crippen LogP contribution is 2.45. The second-order valence-electron chi connectivity index (χ2n) is 6.15. The van der Waals surface area contributed by atoms with Crippen LogP contribution in [0.4, 0.5) is 0 Å². The molecule has 1 saturated heterocycles. The molecule has 100 valence electrons. The molecule has 2 aliphatic rings. The fourth-order valence-corrected chi connectivity index (χ4v) is 3.95. The van der Waals surface area contributed by atoms with Gasteiger partial charge in [0.05, 0.1) is 6.10 Å². The van der Waals surface area contributed by atoms with Crippen LogP contribution in [0.25, 0.3) is 0 Å². The number of ether oxygens (including phenoxy) is 1. The minimum atomic E-state index is 0.420. The molecule has 0 bridgehead atoms. The van der Waals surface area contributed by atoms with Crippen molar-refractivity contribution in [2.24, 2.45) is 5.41 Å². The molecule has 1 aliphatic heterocycles. The summed E-state index contributed by atoms with van der Waals surface area (Å²) in [6.07, 6.45) is 14.5. The van der Waals surface area contributed by atoms with E-state index < -0.39 is 0 Å². The van der Waals surface area contributed by atoms with Gasteiger partial charge in [-0.15, -0.1) is 0 Å². The zero-order valence-electron chi connectivity index (χ0n) is 11.3. The van der Waals surface area contributed by atoms with Crippen LogP contribution >= 0.6 is 0 Å². The fraction of sp³-hybridized carbons (Fsp3) is 0.750. The Bertz CT molecular complexity index is 345. The van der Waals surface area contributed by atoms with Crippen LogP contribution < -0.4 is 0 Å². The maximum Gasteiger partial charge on any atom is 0.0635 e. The van der Waals surface area contributed by atoms with Crippen LogP contribution in [0.3, 0.4) is 0 Å². The molecule has 2 fully saturated rings. The molecule has 0 amide bonds. The summed E-state index contributed by atoms with van der Waals surface area (Å²) in [5.74, 6) is 0. The summed E-state index contributed by atoms with van der Waals surface area (Å²) in [4.78, 5) is 3.39. The first-order valence-corrected chi connectivity index (χ1v) is 7.63. The molecular formula is C16H25NO. The highest BCUT2D eigenvalue weighted by molar-refractivity contribution is 5.09. The molecule has 1 unspecified atom stereocenters. The second kappa shape index (κ2) is 5.48. The van der Waals surface area contributed by atoms with Gasteiger partial charge in [-0.2, -0.15) is 0 Å². The van der Waals surface area contributed by atoms with E-state index in [4.69, 9.17) is 4.74 Å². The molecule has 1 saturated carbocycles. The molecule has 2 heterocycles. The number of rotatable bonds is 3. The van der Waals surface area contributed by atoms with E-state index in [0.29, 0.717) is 11.5 Å². The van der Waals surface area contributed by atoms with Crippen molar-refractivity contribution in [3.05, 3.63) is 24.0 Å². The van der Waals surface area contributed by atoms with Gasteiger partial charge in [0.15, 0.2) is 0 Å². The van der Waals surface area contributed by atoms with Crippen LogP contribution in [0.1, 0.15) is 57.1 Å². The molecule has 0 radical (unpaired) electrons. The van der Waals surface area contributed by atoms with E-state index >= 15 is 0 Å². The van der Waals surface area contributed by atoms with Crippen molar-refractivity contribution >= 4 is 0 Å². The van der Waals surface area contributed by atoms with Crippen LogP contribution in [0.5, 0.6) is 0 Å². The fourth-order valence-electron chi connectivity index (χ4n) is 3.95. The van der Waals surface area contributed by atoms with Crippen LogP contribution in [-0.4, -0.2) is 17.7 Å². The van der Waals surface area contributed by atoms with Crippen molar-refractivity contribution in [2.75, 3.05) is 6.61 Å². The van der Waals surface area contributed by atoms with E-state index in [1.807, 2.05) is 6.20 Å². The Balaban J connectivity index is 1.78. The van der Waals surface area contributed by atoms with E-state index in [0.717, 1.165) is 6.61 Å². The molecule has 0 spiro atoms. The summed E-state index contributed by atoms with van der Waals surface area (Å²) < 4.78 is 6.16. The van der Waals surface area contributed by atoms with Gasteiger partial charge in [0, 0.05) is 23.9 Å². The molecule has 1 aliphatic carbocycles. The second-order valence-corrected chi connectivity index (χ2v) is 6.15. The highest BCUT2D eigenvalue weighted by atomic mass is 16.5. The number of aromatic amines is 1. The summed E-state index contributed by atoms with van der Waals surface area (Å²) in [7, 11) is 0. The molecule has 2 heteroatoms. The third kappa shape index (κ3) is 2.49. The predicted molar refractivity (Wildman–Crippen MR) is 73.6 cm³/mol. The lowest BCUT2D eigenvalue weighted by Crippen LogP contribution is -2.42. The number of H-pyrrole nitrogens is 1. The summed E-state index contributed by atoms with van der Waals surface area (Å²) in [6, 6.07) is 4.35. The highest BCUT2D eigenvalue weighted by Gasteiger charge is 2.41. The van der Waals surface area contributed by atoms with E-state index in [2.05, 4.69) is 17.1 Å². The van der Waals surface area contributed by atoms with Crippen molar-refractivity contribution in [1.29, 1.82) is 0 Å². The summed E-state index contributed by atoms with van der Waals surface area (Å²) >= 11 is 0. The molecule has 1 aromatic rings. The maximum absolute atomic E-state index is 6.16. The topological polar surface area (TPSA) is 25.0 Å². The van der Waals surface area contributed by atoms with Crippen molar-refractivity contribution in [3.8, 4) is 0 Å². The van der Waals surface area contributed by atoms with Crippen LogP contribution in [-0.2, 0) is 11.2 Å². The van der Waals surface area contributed by atoms with Gasteiger partial charge in [0.1, 0.15) is 0 Å². The minimum Gasteiger partial charge on any atom is -0.378 e. The van der Waals surface area contributed by atoms with Gasteiger partial charge in [-0.25, -0.2) is 0 Å². The van der Waals surface area contributed by atoms with Gasteiger partial charge in [0.25, 0.3) is 0 Å². The van der Waals surface area contributed by atoms with Crippen molar-refractivity contribution in [3.63, 3.8) is 0 Å². The Labute approximate surface area is 110 Å². The Morgan fingerprint density at radius 3 is 2.72 bits per heavy atom. The molecule has 2 nitrogen and oxygen atoms in total. The zero-order valence-corrected chi connectivity index (χ0v) is 11.3. The Morgan fingerprint density at radius 2 is 2.06 bits per heavy atom. The van der Waals surface area contributed by atoms with E-state index in [9.17, 15) is 0 Å². The first-order chi connectivity index (χ1) is 8.89. The standard InChI is InChI=1S/C16H25NO/c1-3-9-16(10-4-1,13-14-7-6-11-17-14)15-8-2-5-12-18-15/h6-7,11,15,17H,1-5,8-10,12-13H2. The first-order valence-electron chi connectivity index (χ1n) is 7.63. The number of hydrogen-bond acceptors (Lipinski definition) is 1. The largest absolute Gasteiger partial charge is 0.378 e. The van der Waals surface area contributed by atoms with Gasteiger partial charge >= 0.3 is 0 Å². The average Bonchev–Trinajstić information content (AvgIpc) is 2.94. The van der Waals surface area contributed by atoms with E-state index in [1.54, 1.807) is 0 Å². The third-order valence-corrected chi connectivity index (χ3v) is 4.92. The monoisotopic (exact) mass is 247 g/mol. The van der Waals surface area contributed by atoms with Crippen molar-refractivity contribution in [1.82, 2.24) is 4.98 Å². The smallest absolute Gasteiger partial charge is 0.0635 e. The summed E-state index contributed by atoms with van der Waals surface area (Å²) in [5, 5.41) is 0. The van der Waals surface area contributed by atoms with Gasteiger partial charge in [0.2, 0.25) is 0 Å². The Kier molecular flexibility index (Phi) is 3.74. The SMILES string of the molecule is c1c[nH]c(CC2(C3CCCCO3)CCCCC2)c1. The maximum atomic E-state index is 6.16. The molecule has 0 aromatic carbocycles. The number of hydrogen-bond donors (Lipinski definition) is 1. The lowest BCUT2D eigenvalue weighted by molar-refractivity contribution is -0.0844. The van der Waals surface area contributed by atoms with Gasteiger partial charge in [-0.1, -0.05) is 19.3 Å². The molecule has 1 N–H and O–H groups in total. The van der Waals surface area contributed by atoms with Gasteiger partial charge in [-0.05, 0) is 50.7 Å². The molecule has 1 aromatic heterocycles. The third-order valence-electron chi connectivity index (χ3n) is 4.92. The first kappa shape index (κ1) is 12.3. The van der Waals surface area contributed by atoms with Crippen LogP contribution in [0.15, 0.2) is 18.3 Å². The normalized spacial score (nSPS) is 28.1. The van der Waals surface area contributed by atoms with Gasteiger partial charge in [-0.3, -0.25) is 0 Å². The molecule has 18 heavy (non-hydrogen) atoms. The van der Waals surface area contributed by atoms with E-state index in [1.165, 1.54) is 63.5 Å². The summed E-state index contributed by atoms with van der Waals surface area (Å²) in [6.45, 7) is 0.983. The Hall–Kier alpha value is -0.760. The molecular weight excluding hydrogens is 222 g/mol. The van der Waals surface area contributed by atoms with Crippen molar-refractivity contribution < 1.29 is 4.74 Å².